The van der Waals surface area contributed by atoms with Crippen LogP contribution in [0.1, 0.15) is 37.1 Å². The molecule has 7 nitrogen and oxygen atoms in total. The summed E-state index contributed by atoms with van der Waals surface area (Å²) in [5.41, 5.74) is 3.81. The molecule has 0 radical (unpaired) electrons. The number of hydrogen-bond donors (Lipinski definition) is 1. The fourth-order valence-corrected chi connectivity index (χ4v) is 5.44. The summed E-state index contributed by atoms with van der Waals surface area (Å²) in [6, 6.07) is 17.6. The SMILES string of the molecule is Cc1cc(-c2ccc3nc(N=S(C)(C)=O)nc(C(CO)(CC(C)C)c4ccccc4)c3c2)cn(C)c1=O. The summed E-state index contributed by atoms with van der Waals surface area (Å²) in [7, 11) is -0.772. The fourth-order valence-electron chi connectivity index (χ4n) is 4.97. The predicted octanol–water partition coefficient (Wildman–Crippen LogP) is 4.99. The van der Waals surface area contributed by atoms with Crippen LogP contribution < -0.4 is 5.56 Å². The normalized spacial score (nSPS) is 13.6. The van der Waals surface area contributed by atoms with Gasteiger partial charge in [-0.1, -0.05) is 50.2 Å². The van der Waals surface area contributed by atoms with Crippen LogP contribution in [-0.2, 0) is 22.2 Å². The maximum absolute atomic E-state index is 12.6. The average Bonchev–Trinajstić information content (AvgIpc) is 2.84. The van der Waals surface area contributed by atoms with Crippen molar-refractivity contribution in [1.29, 1.82) is 0 Å². The second-order valence-corrected chi connectivity index (χ2v) is 13.0. The molecular formula is C29H34N4O3S. The van der Waals surface area contributed by atoms with Crippen molar-refractivity contribution >= 4 is 26.6 Å². The quantitative estimate of drug-likeness (QED) is 0.372. The number of aliphatic hydroxyl groups is 1. The van der Waals surface area contributed by atoms with Gasteiger partial charge in [-0.25, -0.2) is 14.2 Å². The van der Waals surface area contributed by atoms with Gasteiger partial charge in [0.05, 0.1) is 23.2 Å². The summed E-state index contributed by atoms with van der Waals surface area (Å²) in [4.78, 5) is 21.8. The van der Waals surface area contributed by atoms with Gasteiger partial charge in [0.15, 0.2) is 0 Å². The molecule has 1 N–H and O–H groups in total. The Morgan fingerprint density at radius 1 is 1.05 bits per heavy atom. The van der Waals surface area contributed by atoms with Crippen LogP contribution in [0.5, 0.6) is 0 Å². The van der Waals surface area contributed by atoms with E-state index in [0.717, 1.165) is 22.1 Å². The molecule has 2 aromatic heterocycles. The third-order valence-corrected chi connectivity index (χ3v) is 7.09. The van der Waals surface area contributed by atoms with Gasteiger partial charge in [-0.15, -0.1) is 0 Å². The summed E-state index contributed by atoms with van der Waals surface area (Å²) in [5, 5.41) is 11.8. The van der Waals surface area contributed by atoms with E-state index in [9.17, 15) is 14.1 Å². The van der Waals surface area contributed by atoms with Crippen LogP contribution in [0.2, 0.25) is 0 Å². The molecule has 0 bridgehead atoms. The summed E-state index contributed by atoms with van der Waals surface area (Å²) in [6.45, 7) is 5.87. The number of hydrogen-bond acceptors (Lipinski definition) is 6. The Labute approximate surface area is 218 Å². The lowest BCUT2D eigenvalue weighted by Crippen LogP contribution is -2.35. The van der Waals surface area contributed by atoms with Gasteiger partial charge in [0, 0.05) is 46.4 Å². The molecule has 37 heavy (non-hydrogen) atoms. The maximum Gasteiger partial charge on any atom is 0.258 e. The molecule has 0 fully saturated rings. The number of aromatic nitrogens is 3. The van der Waals surface area contributed by atoms with Gasteiger partial charge in [-0.3, -0.25) is 4.79 Å². The van der Waals surface area contributed by atoms with Gasteiger partial charge >= 0.3 is 0 Å². The van der Waals surface area contributed by atoms with Crippen molar-refractivity contribution in [2.75, 3.05) is 19.1 Å². The molecule has 0 saturated heterocycles. The van der Waals surface area contributed by atoms with E-state index in [1.165, 1.54) is 0 Å². The zero-order valence-corrected chi connectivity index (χ0v) is 23.0. The molecule has 1 atom stereocenters. The Morgan fingerprint density at radius 3 is 2.35 bits per heavy atom. The smallest absolute Gasteiger partial charge is 0.258 e. The Bertz CT molecular complexity index is 1600. The van der Waals surface area contributed by atoms with Crippen molar-refractivity contribution < 1.29 is 9.32 Å². The van der Waals surface area contributed by atoms with Crippen LogP contribution in [0.15, 0.2) is 70.0 Å². The van der Waals surface area contributed by atoms with E-state index in [1.54, 1.807) is 31.1 Å². The van der Waals surface area contributed by atoms with Crippen LogP contribution in [0.25, 0.3) is 22.0 Å². The molecule has 1 unspecified atom stereocenters. The molecule has 0 saturated carbocycles. The first kappa shape index (κ1) is 26.7. The third-order valence-electron chi connectivity index (χ3n) is 6.49. The zero-order chi connectivity index (χ0) is 27.0. The van der Waals surface area contributed by atoms with E-state index in [1.807, 2.05) is 60.8 Å². The van der Waals surface area contributed by atoms with Crippen LogP contribution in [0.4, 0.5) is 5.95 Å². The number of pyridine rings is 1. The maximum atomic E-state index is 12.6. The average molecular weight is 519 g/mol. The highest BCUT2D eigenvalue weighted by molar-refractivity contribution is 7.92. The summed E-state index contributed by atoms with van der Waals surface area (Å²) in [5.74, 6) is 0.384. The topological polar surface area (TPSA) is 97.4 Å². The first-order chi connectivity index (χ1) is 17.4. The van der Waals surface area contributed by atoms with Crippen molar-refractivity contribution in [3.63, 3.8) is 0 Å². The Hall–Kier alpha value is -3.36. The monoisotopic (exact) mass is 518 g/mol. The minimum atomic E-state index is -2.51. The molecule has 0 aliphatic rings. The lowest BCUT2D eigenvalue weighted by atomic mass is 9.71. The van der Waals surface area contributed by atoms with Gasteiger partial charge in [-0.2, -0.15) is 4.36 Å². The highest BCUT2D eigenvalue weighted by Gasteiger charge is 2.38. The van der Waals surface area contributed by atoms with Crippen molar-refractivity contribution in [3.8, 4) is 11.1 Å². The Kier molecular flexibility index (Phi) is 7.35. The van der Waals surface area contributed by atoms with E-state index in [4.69, 9.17) is 4.98 Å². The van der Waals surface area contributed by atoms with Crippen molar-refractivity contribution in [3.05, 3.63) is 88.0 Å². The van der Waals surface area contributed by atoms with E-state index < -0.39 is 15.1 Å². The van der Waals surface area contributed by atoms with Gasteiger partial charge < -0.3 is 9.67 Å². The van der Waals surface area contributed by atoms with Crippen molar-refractivity contribution in [2.24, 2.45) is 17.3 Å². The molecule has 2 aromatic carbocycles. The largest absolute Gasteiger partial charge is 0.395 e. The molecular weight excluding hydrogens is 484 g/mol. The summed E-state index contributed by atoms with van der Waals surface area (Å²) >= 11 is 0. The Balaban J connectivity index is 2.11. The number of nitrogens with zero attached hydrogens (tertiary/aromatic N) is 4. The molecule has 0 aliphatic heterocycles. The minimum absolute atomic E-state index is 0.0390. The number of benzene rings is 2. The lowest BCUT2D eigenvalue weighted by Gasteiger charge is -2.34. The lowest BCUT2D eigenvalue weighted by molar-refractivity contribution is 0.196. The minimum Gasteiger partial charge on any atom is -0.395 e. The van der Waals surface area contributed by atoms with E-state index >= 15 is 0 Å². The van der Waals surface area contributed by atoms with Crippen LogP contribution in [0, 0.1) is 12.8 Å². The van der Waals surface area contributed by atoms with Crippen molar-refractivity contribution in [2.45, 2.75) is 32.6 Å². The highest BCUT2D eigenvalue weighted by Crippen LogP contribution is 2.41. The zero-order valence-electron chi connectivity index (χ0n) is 22.2. The Morgan fingerprint density at radius 2 is 1.76 bits per heavy atom. The molecule has 4 rings (SSSR count). The summed E-state index contributed by atoms with van der Waals surface area (Å²) < 4.78 is 18.5. The third kappa shape index (κ3) is 5.50. The first-order valence-corrected chi connectivity index (χ1v) is 14.6. The number of aryl methyl sites for hydroxylation is 2. The van der Waals surface area contributed by atoms with Crippen LogP contribution in [0.3, 0.4) is 0 Å². The van der Waals surface area contributed by atoms with E-state index in [0.29, 0.717) is 23.2 Å². The van der Waals surface area contributed by atoms with E-state index in [-0.39, 0.29) is 24.0 Å². The molecule has 0 spiro atoms. The van der Waals surface area contributed by atoms with Gasteiger partial charge in [0.25, 0.3) is 11.5 Å². The first-order valence-electron chi connectivity index (χ1n) is 12.3. The predicted molar refractivity (Wildman–Crippen MR) is 151 cm³/mol. The second-order valence-electron chi connectivity index (χ2n) is 10.4. The number of rotatable bonds is 7. The molecule has 194 valence electrons. The molecule has 4 aromatic rings. The van der Waals surface area contributed by atoms with Gasteiger partial charge in [0.1, 0.15) is 0 Å². The molecule has 0 aliphatic carbocycles. The molecule has 8 heteroatoms. The van der Waals surface area contributed by atoms with Crippen LogP contribution >= 0.6 is 0 Å². The number of aliphatic hydroxyl groups excluding tert-OH is 1. The standard InChI is InChI=1S/C29H34N4O3S/c1-19(2)16-29(18-34,23-10-8-7-9-11-23)26-24-15-21(22-14-20(3)27(35)33(4)17-22)12-13-25(24)30-28(31-26)32-37(5,6)36/h7-15,17,19,34H,16,18H2,1-6H3. The second kappa shape index (κ2) is 10.2. The van der Waals surface area contributed by atoms with Gasteiger partial charge in [0.2, 0.25) is 0 Å². The highest BCUT2D eigenvalue weighted by atomic mass is 32.2. The van der Waals surface area contributed by atoms with Crippen molar-refractivity contribution in [1.82, 2.24) is 14.5 Å². The van der Waals surface area contributed by atoms with Crippen LogP contribution in [-0.4, -0.2) is 43.0 Å². The van der Waals surface area contributed by atoms with Gasteiger partial charge in [-0.05, 0) is 54.2 Å². The van der Waals surface area contributed by atoms with E-state index in [2.05, 4.69) is 23.2 Å². The summed E-state index contributed by atoms with van der Waals surface area (Å²) in [6.07, 6.45) is 5.55. The molecule has 2 heterocycles. The fraction of sp³-hybridized carbons (Fsp3) is 0.345. The number of fused-ring (bicyclic) bond motifs is 1. The molecule has 0 amide bonds.